The van der Waals surface area contributed by atoms with Crippen molar-refractivity contribution >= 4 is 5.91 Å². The van der Waals surface area contributed by atoms with Crippen LogP contribution in [0.2, 0.25) is 0 Å². The SMILES string of the molecule is CC(C)c1ccccc1O[C@H](C)C(=O)NCCOc1ccc(C(C)(C)C)cc1. The zero-order valence-electron chi connectivity index (χ0n) is 17.9. The summed E-state index contributed by atoms with van der Waals surface area (Å²) < 4.78 is 11.6. The minimum atomic E-state index is -0.564. The van der Waals surface area contributed by atoms with Crippen molar-refractivity contribution in [2.75, 3.05) is 13.2 Å². The molecule has 0 fully saturated rings. The first kappa shape index (κ1) is 21.8. The van der Waals surface area contributed by atoms with Crippen LogP contribution < -0.4 is 14.8 Å². The molecule has 0 spiro atoms. The number of para-hydroxylation sites is 1. The molecule has 4 nitrogen and oxygen atoms in total. The highest BCUT2D eigenvalue weighted by molar-refractivity contribution is 5.80. The summed E-state index contributed by atoms with van der Waals surface area (Å²) >= 11 is 0. The first-order chi connectivity index (χ1) is 13.2. The van der Waals surface area contributed by atoms with Crippen molar-refractivity contribution in [3.8, 4) is 11.5 Å². The number of rotatable bonds is 8. The lowest BCUT2D eigenvalue weighted by Crippen LogP contribution is -2.38. The van der Waals surface area contributed by atoms with Gasteiger partial charge in [-0.2, -0.15) is 0 Å². The molecule has 0 radical (unpaired) electrons. The minimum absolute atomic E-state index is 0.122. The molecular formula is C24H33NO3. The molecule has 2 aromatic carbocycles. The lowest BCUT2D eigenvalue weighted by Gasteiger charge is -2.19. The first-order valence-electron chi connectivity index (χ1n) is 9.95. The molecule has 1 amide bonds. The van der Waals surface area contributed by atoms with Crippen LogP contribution in [0.3, 0.4) is 0 Å². The summed E-state index contributed by atoms with van der Waals surface area (Å²) in [7, 11) is 0. The molecule has 28 heavy (non-hydrogen) atoms. The van der Waals surface area contributed by atoms with Crippen LogP contribution >= 0.6 is 0 Å². The molecule has 0 bridgehead atoms. The van der Waals surface area contributed by atoms with Crippen LogP contribution in [0.25, 0.3) is 0 Å². The van der Waals surface area contributed by atoms with Crippen LogP contribution in [0.1, 0.15) is 58.6 Å². The van der Waals surface area contributed by atoms with Gasteiger partial charge in [0, 0.05) is 0 Å². The minimum Gasteiger partial charge on any atom is -0.492 e. The second-order valence-electron chi connectivity index (χ2n) is 8.37. The van der Waals surface area contributed by atoms with Crippen LogP contribution in [0, 0.1) is 0 Å². The van der Waals surface area contributed by atoms with E-state index in [2.05, 4.69) is 52.1 Å². The van der Waals surface area contributed by atoms with Gasteiger partial charge in [0.25, 0.3) is 5.91 Å². The third-order valence-corrected chi connectivity index (χ3v) is 4.60. The summed E-state index contributed by atoms with van der Waals surface area (Å²) in [6.07, 6.45) is -0.564. The van der Waals surface area contributed by atoms with Crippen LogP contribution in [-0.4, -0.2) is 25.2 Å². The van der Waals surface area contributed by atoms with E-state index in [1.165, 1.54) is 5.56 Å². The second-order valence-corrected chi connectivity index (χ2v) is 8.37. The molecule has 0 unspecified atom stereocenters. The Bertz CT molecular complexity index is 760. The molecule has 0 aliphatic rings. The Morgan fingerprint density at radius 1 is 1.00 bits per heavy atom. The molecule has 152 valence electrons. The third-order valence-electron chi connectivity index (χ3n) is 4.60. The summed E-state index contributed by atoms with van der Waals surface area (Å²) in [5.74, 6) is 1.75. The van der Waals surface area contributed by atoms with Gasteiger partial charge in [0.15, 0.2) is 6.10 Å². The molecule has 0 aromatic heterocycles. The number of nitrogens with one attached hydrogen (secondary N) is 1. The normalized spacial score (nSPS) is 12.5. The molecule has 0 aliphatic heterocycles. The van der Waals surface area contributed by atoms with Gasteiger partial charge in [0.2, 0.25) is 0 Å². The molecule has 2 aromatic rings. The Balaban J connectivity index is 1.78. The molecule has 0 heterocycles. The maximum absolute atomic E-state index is 12.3. The van der Waals surface area contributed by atoms with E-state index >= 15 is 0 Å². The lowest BCUT2D eigenvalue weighted by molar-refractivity contribution is -0.127. The second kappa shape index (κ2) is 9.63. The molecule has 0 aliphatic carbocycles. The van der Waals surface area contributed by atoms with Crippen molar-refractivity contribution in [3.63, 3.8) is 0 Å². The fraction of sp³-hybridized carbons (Fsp3) is 0.458. The highest BCUT2D eigenvalue weighted by Crippen LogP contribution is 2.27. The van der Waals surface area contributed by atoms with Gasteiger partial charge in [-0.1, -0.05) is 65.0 Å². The maximum atomic E-state index is 12.3. The number of carbonyl (C=O) groups is 1. The molecule has 4 heteroatoms. The quantitative estimate of drug-likeness (QED) is 0.648. The van der Waals surface area contributed by atoms with Crippen molar-refractivity contribution in [1.29, 1.82) is 0 Å². The standard InChI is InChI=1S/C24H33NO3/c1-17(2)21-9-7-8-10-22(21)28-18(3)23(26)25-15-16-27-20-13-11-19(12-14-20)24(4,5)6/h7-14,17-18H,15-16H2,1-6H3,(H,25,26)/t18-/m1/s1. The Morgan fingerprint density at radius 2 is 1.64 bits per heavy atom. The molecule has 2 rings (SSSR count). The van der Waals surface area contributed by atoms with E-state index in [0.717, 1.165) is 17.1 Å². The highest BCUT2D eigenvalue weighted by atomic mass is 16.5. The van der Waals surface area contributed by atoms with E-state index in [9.17, 15) is 4.79 Å². The molecule has 1 N–H and O–H groups in total. The number of ether oxygens (including phenoxy) is 2. The summed E-state index contributed by atoms with van der Waals surface area (Å²) in [6, 6.07) is 15.9. The average Bonchev–Trinajstić information content (AvgIpc) is 2.65. The van der Waals surface area contributed by atoms with Crippen molar-refractivity contribution in [3.05, 3.63) is 59.7 Å². The summed E-state index contributed by atoms with van der Waals surface area (Å²) in [5.41, 5.74) is 2.49. The van der Waals surface area contributed by atoms with Gasteiger partial charge in [0.1, 0.15) is 18.1 Å². The van der Waals surface area contributed by atoms with E-state index in [1.807, 2.05) is 36.4 Å². The summed E-state index contributed by atoms with van der Waals surface area (Å²) in [4.78, 5) is 12.3. The Labute approximate surface area is 169 Å². The van der Waals surface area contributed by atoms with Gasteiger partial charge in [-0.3, -0.25) is 4.79 Å². The van der Waals surface area contributed by atoms with Crippen molar-refractivity contribution in [2.24, 2.45) is 0 Å². The number of hydrogen-bond donors (Lipinski definition) is 1. The number of carbonyl (C=O) groups excluding carboxylic acids is 1. The largest absolute Gasteiger partial charge is 0.492 e. The van der Waals surface area contributed by atoms with Crippen LogP contribution in [0.15, 0.2) is 48.5 Å². The lowest BCUT2D eigenvalue weighted by atomic mass is 9.87. The number of hydrogen-bond acceptors (Lipinski definition) is 3. The van der Waals surface area contributed by atoms with Gasteiger partial charge in [0.05, 0.1) is 6.54 Å². The van der Waals surface area contributed by atoms with Gasteiger partial charge in [-0.15, -0.1) is 0 Å². The molecule has 1 atom stereocenters. The van der Waals surface area contributed by atoms with Gasteiger partial charge < -0.3 is 14.8 Å². The average molecular weight is 384 g/mol. The smallest absolute Gasteiger partial charge is 0.260 e. The topological polar surface area (TPSA) is 47.6 Å². The van der Waals surface area contributed by atoms with Crippen molar-refractivity contribution in [2.45, 2.75) is 59.0 Å². The maximum Gasteiger partial charge on any atom is 0.260 e. The predicted molar refractivity (Wildman–Crippen MR) is 114 cm³/mol. The fourth-order valence-corrected chi connectivity index (χ4v) is 2.85. The zero-order valence-corrected chi connectivity index (χ0v) is 17.9. The van der Waals surface area contributed by atoms with Gasteiger partial charge in [-0.25, -0.2) is 0 Å². The Morgan fingerprint density at radius 3 is 2.25 bits per heavy atom. The van der Waals surface area contributed by atoms with E-state index < -0.39 is 6.10 Å². The van der Waals surface area contributed by atoms with E-state index in [-0.39, 0.29) is 11.3 Å². The van der Waals surface area contributed by atoms with Crippen LogP contribution in [0.5, 0.6) is 11.5 Å². The zero-order chi connectivity index (χ0) is 20.7. The van der Waals surface area contributed by atoms with E-state index in [1.54, 1.807) is 6.92 Å². The Hall–Kier alpha value is -2.49. The van der Waals surface area contributed by atoms with E-state index in [0.29, 0.717) is 19.1 Å². The first-order valence-corrected chi connectivity index (χ1v) is 9.95. The van der Waals surface area contributed by atoms with Crippen molar-refractivity contribution < 1.29 is 14.3 Å². The number of benzene rings is 2. The third kappa shape index (κ3) is 6.29. The van der Waals surface area contributed by atoms with Crippen molar-refractivity contribution in [1.82, 2.24) is 5.32 Å². The predicted octanol–water partition coefficient (Wildman–Crippen LogP) is 5.07. The fourth-order valence-electron chi connectivity index (χ4n) is 2.85. The monoisotopic (exact) mass is 383 g/mol. The van der Waals surface area contributed by atoms with Crippen LogP contribution in [0.4, 0.5) is 0 Å². The highest BCUT2D eigenvalue weighted by Gasteiger charge is 2.17. The summed E-state index contributed by atoms with van der Waals surface area (Å²) in [6.45, 7) is 13.4. The summed E-state index contributed by atoms with van der Waals surface area (Å²) in [5, 5.41) is 2.87. The van der Waals surface area contributed by atoms with Crippen LogP contribution in [-0.2, 0) is 10.2 Å². The van der Waals surface area contributed by atoms with E-state index in [4.69, 9.17) is 9.47 Å². The van der Waals surface area contributed by atoms with Gasteiger partial charge >= 0.3 is 0 Å². The number of amides is 1. The Kier molecular flexibility index (Phi) is 7.50. The van der Waals surface area contributed by atoms with Gasteiger partial charge in [-0.05, 0) is 47.6 Å². The molecule has 0 saturated heterocycles. The molecule has 0 saturated carbocycles. The molecular weight excluding hydrogens is 350 g/mol.